The molecule has 0 bridgehead atoms. The van der Waals surface area contributed by atoms with Crippen LogP contribution in [0.2, 0.25) is 0 Å². The predicted molar refractivity (Wildman–Crippen MR) is 157 cm³/mol. The third-order valence-electron chi connectivity index (χ3n) is 7.40. The van der Waals surface area contributed by atoms with Crippen molar-refractivity contribution in [1.82, 2.24) is 9.88 Å². The molecule has 0 spiro atoms. The average molecular weight is 530 g/mol. The van der Waals surface area contributed by atoms with Crippen molar-refractivity contribution in [2.75, 3.05) is 18.4 Å². The molecule has 7 heteroatoms. The van der Waals surface area contributed by atoms with Crippen molar-refractivity contribution in [2.45, 2.75) is 32.2 Å². The van der Waals surface area contributed by atoms with Crippen LogP contribution in [0.15, 0.2) is 84.9 Å². The first kappa shape index (κ1) is 26.8. The Morgan fingerprint density at radius 3 is 2.48 bits per heavy atom. The number of nitriles is 1. The van der Waals surface area contributed by atoms with Crippen molar-refractivity contribution >= 4 is 17.6 Å². The summed E-state index contributed by atoms with van der Waals surface area (Å²) in [5.74, 6) is -0.260. The van der Waals surface area contributed by atoms with Gasteiger partial charge in [-0.1, -0.05) is 54.6 Å². The Balaban J connectivity index is 1.62. The van der Waals surface area contributed by atoms with Gasteiger partial charge in [0, 0.05) is 41.4 Å². The molecule has 1 saturated heterocycles. The molecule has 1 aromatic heterocycles. The fourth-order valence-corrected chi connectivity index (χ4v) is 5.24. The van der Waals surface area contributed by atoms with E-state index in [1.54, 1.807) is 30.3 Å². The number of amides is 2. The molecule has 0 aliphatic carbocycles. The highest BCUT2D eigenvalue weighted by molar-refractivity contribution is 6.05. The second kappa shape index (κ2) is 11.9. The van der Waals surface area contributed by atoms with Gasteiger partial charge in [0.25, 0.3) is 11.8 Å². The van der Waals surface area contributed by atoms with Crippen LogP contribution in [0.1, 0.15) is 51.1 Å². The summed E-state index contributed by atoms with van der Waals surface area (Å²) in [4.78, 5) is 33.2. The van der Waals surface area contributed by atoms with Crippen LogP contribution in [-0.4, -0.2) is 40.8 Å². The number of nitrogens with zero attached hydrogens (tertiary/aromatic N) is 3. The molecule has 1 aliphatic heterocycles. The van der Waals surface area contributed by atoms with Gasteiger partial charge in [0.2, 0.25) is 0 Å². The topological polar surface area (TPSA) is 112 Å². The van der Waals surface area contributed by atoms with E-state index in [2.05, 4.69) is 11.4 Å². The van der Waals surface area contributed by atoms with E-state index in [1.165, 1.54) is 0 Å². The van der Waals surface area contributed by atoms with E-state index in [0.717, 1.165) is 30.4 Å². The Kier molecular flexibility index (Phi) is 7.99. The van der Waals surface area contributed by atoms with Gasteiger partial charge in [-0.25, -0.2) is 4.98 Å². The molecule has 3 N–H and O–H groups in total. The summed E-state index contributed by atoms with van der Waals surface area (Å²) in [6.07, 6.45) is 2.91. The third-order valence-corrected chi connectivity index (χ3v) is 7.40. The summed E-state index contributed by atoms with van der Waals surface area (Å²) in [5, 5.41) is 13.1. The molecule has 1 fully saturated rings. The maximum atomic E-state index is 13.5. The van der Waals surface area contributed by atoms with Crippen molar-refractivity contribution in [3.63, 3.8) is 0 Å². The van der Waals surface area contributed by atoms with Crippen LogP contribution in [0.3, 0.4) is 0 Å². The van der Waals surface area contributed by atoms with Crippen molar-refractivity contribution < 1.29 is 9.59 Å². The minimum Gasteiger partial charge on any atom is -0.334 e. The zero-order valence-corrected chi connectivity index (χ0v) is 22.4. The zero-order chi connectivity index (χ0) is 28.1. The number of rotatable bonds is 6. The van der Waals surface area contributed by atoms with Gasteiger partial charge in [0.15, 0.2) is 5.82 Å². The molecule has 3 aromatic carbocycles. The monoisotopic (exact) mass is 529 g/mol. The standard InChI is InChI=1S/C33H31N5O2/c1-22-10-5-6-16-27(22)30-19-28(29(21-35)31(36-30)37-32(39)23-11-3-2-4-12-23)24-13-9-14-25(18-24)33(40)38-17-8-7-15-26(38)20-34/h2-6,9-14,16,18-19,26H,7-8,15,17,20,34H2,1H3,(H,36,37,39). The predicted octanol–water partition coefficient (Wildman–Crippen LogP) is 5.80. The lowest BCUT2D eigenvalue weighted by Gasteiger charge is -2.35. The largest absolute Gasteiger partial charge is 0.334 e. The Morgan fingerprint density at radius 1 is 0.975 bits per heavy atom. The van der Waals surface area contributed by atoms with Gasteiger partial charge in [0.1, 0.15) is 11.6 Å². The van der Waals surface area contributed by atoms with Gasteiger partial charge < -0.3 is 16.0 Å². The molecule has 0 saturated carbocycles. The van der Waals surface area contributed by atoms with E-state index in [0.29, 0.717) is 41.0 Å². The molecule has 5 rings (SSSR count). The number of carbonyl (C=O) groups excluding carboxylic acids is 2. The Bertz CT molecular complexity index is 1590. The summed E-state index contributed by atoms with van der Waals surface area (Å²) in [6.45, 7) is 3.10. The van der Waals surface area contributed by atoms with Gasteiger partial charge in [-0.05, 0) is 67.6 Å². The van der Waals surface area contributed by atoms with Crippen LogP contribution in [0, 0.1) is 18.3 Å². The van der Waals surface area contributed by atoms with Gasteiger partial charge in [-0.2, -0.15) is 5.26 Å². The molecule has 1 aliphatic rings. The summed E-state index contributed by atoms with van der Waals surface area (Å²) >= 11 is 0. The number of nitrogens with one attached hydrogen (secondary N) is 1. The molecule has 200 valence electrons. The molecule has 2 heterocycles. The van der Waals surface area contributed by atoms with E-state index in [9.17, 15) is 14.9 Å². The molecule has 1 atom stereocenters. The maximum Gasteiger partial charge on any atom is 0.256 e. The lowest BCUT2D eigenvalue weighted by Crippen LogP contribution is -2.47. The van der Waals surface area contributed by atoms with Crippen molar-refractivity contribution in [3.8, 4) is 28.5 Å². The second-order valence-electron chi connectivity index (χ2n) is 9.99. The van der Waals surface area contributed by atoms with Crippen molar-refractivity contribution in [2.24, 2.45) is 5.73 Å². The van der Waals surface area contributed by atoms with Crippen LogP contribution in [0.5, 0.6) is 0 Å². The number of benzene rings is 3. The zero-order valence-electron chi connectivity index (χ0n) is 22.4. The number of aryl methyl sites for hydroxylation is 1. The summed E-state index contributed by atoms with van der Waals surface area (Å²) < 4.78 is 0. The Labute approximate surface area is 234 Å². The number of likely N-dealkylation sites (tertiary alicyclic amines) is 1. The van der Waals surface area contributed by atoms with E-state index in [1.807, 2.05) is 66.4 Å². The fourth-order valence-electron chi connectivity index (χ4n) is 5.24. The molecule has 4 aromatic rings. The van der Waals surface area contributed by atoms with Crippen molar-refractivity contribution in [1.29, 1.82) is 5.26 Å². The minimum atomic E-state index is -0.362. The highest BCUT2D eigenvalue weighted by atomic mass is 16.2. The first-order chi connectivity index (χ1) is 19.5. The smallest absolute Gasteiger partial charge is 0.256 e. The fraction of sp³-hybridized carbons (Fsp3) is 0.212. The third kappa shape index (κ3) is 5.49. The van der Waals surface area contributed by atoms with Crippen LogP contribution in [0.25, 0.3) is 22.4 Å². The van der Waals surface area contributed by atoms with Crippen LogP contribution >= 0.6 is 0 Å². The first-order valence-corrected chi connectivity index (χ1v) is 13.5. The molecule has 40 heavy (non-hydrogen) atoms. The molecule has 0 radical (unpaired) electrons. The van der Waals surface area contributed by atoms with E-state index < -0.39 is 0 Å². The lowest BCUT2D eigenvalue weighted by molar-refractivity contribution is 0.0623. The second-order valence-corrected chi connectivity index (χ2v) is 9.99. The van der Waals surface area contributed by atoms with Gasteiger partial charge >= 0.3 is 0 Å². The number of anilines is 1. The molecular weight excluding hydrogens is 498 g/mol. The Hall–Kier alpha value is -4.80. The van der Waals surface area contributed by atoms with Gasteiger partial charge in [-0.15, -0.1) is 0 Å². The van der Waals surface area contributed by atoms with Crippen LogP contribution in [-0.2, 0) is 0 Å². The van der Waals surface area contributed by atoms with Crippen LogP contribution in [0.4, 0.5) is 5.82 Å². The number of hydrogen-bond acceptors (Lipinski definition) is 5. The average Bonchev–Trinajstić information content (AvgIpc) is 3.01. The number of carbonyl (C=O) groups is 2. The maximum absolute atomic E-state index is 13.5. The highest BCUT2D eigenvalue weighted by Crippen LogP contribution is 2.34. The van der Waals surface area contributed by atoms with Gasteiger partial charge in [-0.3, -0.25) is 9.59 Å². The summed E-state index contributed by atoms with van der Waals surface area (Å²) in [7, 11) is 0. The van der Waals surface area contributed by atoms with E-state index in [4.69, 9.17) is 10.7 Å². The molecular formula is C33H31N5O2. The lowest BCUT2D eigenvalue weighted by atomic mass is 9.95. The molecule has 7 nitrogen and oxygen atoms in total. The number of aromatic nitrogens is 1. The quantitative estimate of drug-likeness (QED) is 0.328. The van der Waals surface area contributed by atoms with E-state index >= 15 is 0 Å². The van der Waals surface area contributed by atoms with Crippen LogP contribution < -0.4 is 11.1 Å². The number of piperidine rings is 1. The number of hydrogen-bond donors (Lipinski definition) is 2. The SMILES string of the molecule is Cc1ccccc1-c1cc(-c2cccc(C(=O)N3CCCCC3CN)c2)c(C#N)c(NC(=O)c2ccccc2)n1. The molecule has 1 unspecified atom stereocenters. The van der Waals surface area contributed by atoms with Gasteiger partial charge in [0.05, 0.1) is 5.69 Å². The minimum absolute atomic E-state index is 0.0213. The summed E-state index contributed by atoms with van der Waals surface area (Å²) in [5.41, 5.74) is 11.0. The summed E-state index contributed by atoms with van der Waals surface area (Å²) in [6, 6.07) is 28.1. The Morgan fingerprint density at radius 2 is 1.73 bits per heavy atom. The number of pyridine rings is 1. The number of nitrogens with two attached hydrogens (primary N) is 1. The first-order valence-electron chi connectivity index (χ1n) is 13.5. The van der Waals surface area contributed by atoms with E-state index in [-0.39, 0.29) is 29.2 Å². The highest BCUT2D eigenvalue weighted by Gasteiger charge is 2.27. The van der Waals surface area contributed by atoms with Crippen molar-refractivity contribution in [3.05, 3.63) is 107 Å². The normalized spacial score (nSPS) is 14.8. The molecule has 2 amide bonds.